The van der Waals surface area contributed by atoms with Gasteiger partial charge < -0.3 is 13.8 Å². The summed E-state index contributed by atoms with van der Waals surface area (Å²) in [6.07, 6.45) is 0.796. The minimum Gasteiger partial charge on any atom is -0.382 e. The predicted molar refractivity (Wildman–Crippen MR) is 113 cm³/mol. The SMILES string of the molecule is CCC(C)N(Cc1cccc(OS(=O)(=O)CC)c1)C(=O)COCc1ccccc1. The Kier molecular flexibility index (Phi) is 8.67. The maximum Gasteiger partial charge on any atom is 0.308 e. The van der Waals surface area contributed by atoms with Gasteiger partial charge in [0, 0.05) is 12.6 Å². The van der Waals surface area contributed by atoms with Crippen molar-refractivity contribution in [2.45, 2.75) is 46.4 Å². The van der Waals surface area contributed by atoms with Crippen LogP contribution >= 0.6 is 0 Å². The Bertz CT molecular complexity index is 883. The largest absolute Gasteiger partial charge is 0.382 e. The minimum atomic E-state index is -3.59. The number of rotatable bonds is 11. The van der Waals surface area contributed by atoms with Gasteiger partial charge >= 0.3 is 10.1 Å². The van der Waals surface area contributed by atoms with Gasteiger partial charge in [-0.1, -0.05) is 49.4 Å². The van der Waals surface area contributed by atoms with E-state index in [9.17, 15) is 13.2 Å². The molecule has 29 heavy (non-hydrogen) atoms. The summed E-state index contributed by atoms with van der Waals surface area (Å²) in [5.74, 6) is 0.0389. The van der Waals surface area contributed by atoms with Crippen LogP contribution in [0.4, 0.5) is 0 Å². The summed E-state index contributed by atoms with van der Waals surface area (Å²) in [7, 11) is -3.59. The molecule has 0 fully saturated rings. The summed E-state index contributed by atoms with van der Waals surface area (Å²) in [5.41, 5.74) is 1.81. The molecule has 7 heteroatoms. The monoisotopic (exact) mass is 419 g/mol. The van der Waals surface area contributed by atoms with Crippen LogP contribution in [0.3, 0.4) is 0 Å². The fourth-order valence-corrected chi connectivity index (χ4v) is 3.24. The molecule has 0 bridgehead atoms. The van der Waals surface area contributed by atoms with Crippen molar-refractivity contribution in [1.82, 2.24) is 4.90 Å². The zero-order valence-corrected chi connectivity index (χ0v) is 18.0. The summed E-state index contributed by atoms with van der Waals surface area (Å²) >= 11 is 0. The lowest BCUT2D eigenvalue weighted by atomic mass is 10.1. The van der Waals surface area contributed by atoms with Crippen molar-refractivity contribution in [1.29, 1.82) is 0 Å². The van der Waals surface area contributed by atoms with Gasteiger partial charge in [-0.15, -0.1) is 0 Å². The normalized spacial score (nSPS) is 12.4. The van der Waals surface area contributed by atoms with Gasteiger partial charge in [0.1, 0.15) is 12.4 Å². The number of ether oxygens (including phenoxy) is 1. The standard InChI is InChI=1S/C22H29NO5S/c1-4-18(3)23(22(24)17-27-16-19-10-7-6-8-11-19)15-20-12-9-13-21(14-20)28-29(25,26)5-2/h6-14,18H,4-5,15-17H2,1-3H3. The van der Waals surface area contributed by atoms with E-state index in [1.807, 2.05) is 50.2 Å². The third-order valence-electron chi connectivity index (χ3n) is 4.61. The molecule has 1 unspecified atom stereocenters. The summed E-state index contributed by atoms with van der Waals surface area (Å²) < 4.78 is 34.1. The lowest BCUT2D eigenvalue weighted by Gasteiger charge is -2.29. The highest BCUT2D eigenvalue weighted by Crippen LogP contribution is 2.19. The van der Waals surface area contributed by atoms with Gasteiger partial charge in [0.2, 0.25) is 5.91 Å². The van der Waals surface area contributed by atoms with E-state index in [2.05, 4.69) is 0 Å². The number of amides is 1. The van der Waals surface area contributed by atoms with Gasteiger partial charge in [-0.2, -0.15) is 8.42 Å². The van der Waals surface area contributed by atoms with Gasteiger partial charge in [0.15, 0.2) is 0 Å². The van der Waals surface area contributed by atoms with Crippen molar-refractivity contribution in [3.63, 3.8) is 0 Å². The molecule has 158 valence electrons. The number of hydrogen-bond donors (Lipinski definition) is 0. The number of carbonyl (C=O) groups is 1. The van der Waals surface area contributed by atoms with Crippen LogP contribution in [0.2, 0.25) is 0 Å². The number of hydrogen-bond acceptors (Lipinski definition) is 5. The lowest BCUT2D eigenvalue weighted by molar-refractivity contribution is -0.139. The summed E-state index contributed by atoms with van der Waals surface area (Å²) in [6.45, 7) is 6.24. The van der Waals surface area contributed by atoms with E-state index >= 15 is 0 Å². The van der Waals surface area contributed by atoms with Crippen LogP contribution in [0.25, 0.3) is 0 Å². The lowest BCUT2D eigenvalue weighted by Crippen LogP contribution is -2.40. The molecule has 2 rings (SSSR count). The average Bonchev–Trinajstić information content (AvgIpc) is 2.72. The first-order valence-corrected chi connectivity index (χ1v) is 11.3. The second-order valence-corrected chi connectivity index (χ2v) is 8.69. The average molecular weight is 420 g/mol. The Labute approximate surface area is 173 Å². The molecular weight excluding hydrogens is 390 g/mol. The van der Waals surface area contributed by atoms with Crippen LogP contribution in [0, 0.1) is 0 Å². The van der Waals surface area contributed by atoms with Crippen molar-refractivity contribution < 1.29 is 22.1 Å². The molecule has 0 saturated heterocycles. The van der Waals surface area contributed by atoms with Crippen molar-refractivity contribution in [3.8, 4) is 5.75 Å². The quantitative estimate of drug-likeness (QED) is 0.519. The first kappa shape index (κ1) is 22.9. The molecule has 2 aromatic carbocycles. The van der Waals surface area contributed by atoms with Gasteiger partial charge in [0.25, 0.3) is 0 Å². The van der Waals surface area contributed by atoms with Crippen LogP contribution in [-0.2, 0) is 32.8 Å². The Morgan fingerprint density at radius 2 is 1.72 bits per heavy atom. The van der Waals surface area contributed by atoms with Crippen molar-refractivity contribution >= 4 is 16.0 Å². The fourth-order valence-electron chi connectivity index (χ4n) is 2.72. The Morgan fingerprint density at radius 1 is 1.03 bits per heavy atom. The van der Waals surface area contributed by atoms with E-state index in [1.165, 1.54) is 6.92 Å². The van der Waals surface area contributed by atoms with Crippen LogP contribution < -0.4 is 4.18 Å². The Balaban J connectivity index is 2.03. The second kappa shape index (κ2) is 11.0. The third kappa shape index (κ3) is 7.51. The molecule has 0 aliphatic carbocycles. The first-order valence-electron chi connectivity index (χ1n) is 9.76. The first-order chi connectivity index (χ1) is 13.8. The summed E-state index contributed by atoms with van der Waals surface area (Å²) in [4.78, 5) is 14.5. The van der Waals surface area contributed by atoms with Gasteiger partial charge in [-0.25, -0.2) is 0 Å². The topological polar surface area (TPSA) is 72.9 Å². The highest BCUT2D eigenvalue weighted by atomic mass is 32.2. The van der Waals surface area contributed by atoms with E-state index in [0.717, 1.165) is 17.5 Å². The molecular formula is C22H29NO5S. The highest BCUT2D eigenvalue weighted by molar-refractivity contribution is 7.87. The molecule has 1 amide bonds. The van der Waals surface area contributed by atoms with E-state index < -0.39 is 10.1 Å². The van der Waals surface area contributed by atoms with Gasteiger partial charge in [0.05, 0.1) is 12.4 Å². The van der Waals surface area contributed by atoms with Gasteiger partial charge in [-0.05, 0) is 43.5 Å². The van der Waals surface area contributed by atoms with Crippen LogP contribution in [-0.4, -0.2) is 37.6 Å². The third-order valence-corrected chi connectivity index (χ3v) is 5.76. The number of nitrogens with zero attached hydrogens (tertiary/aromatic N) is 1. The molecule has 0 saturated carbocycles. The maximum atomic E-state index is 12.8. The molecule has 0 radical (unpaired) electrons. The molecule has 0 aliphatic rings. The van der Waals surface area contributed by atoms with E-state index in [-0.39, 0.29) is 30.1 Å². The van der Waals surface area contributed by atoms with Crippen LogP contribution in [0.1, 0.15) is 38.3 Å². The molecule has 0 heterocycles. The fraction of sp³-hybridized carbons (Fsp3) is 0.409. The van der Waals surface area contributed by atoms with E-state index in [4.69, 9.17) is 8.92 Å². The number of carbonyl (C=O) groups excluding carboxylic acids is 1. The molecule has 1 atom stereocenters. The minimum absolute atomic E-state index is 0.0142. The maximum absolute atomic E-state index is 12.8. The molecule has 6 nitrogen and oxygen atoms in total. The van der Waals surface area contributed by atoms with E-state index in [0.29, 0.717) is 13.2 Å². The predicted octanol–water partition coefficient (Wildman–Crippen LogP) is 3.76. The molecule has 0 aromatic heterocycles. The summed E-state index contributed by atoms with van der Waals surface area (Å²) in [5, 5.41) is 0. The molecule has 0 aliphatic heterocycles. The van der Waals surface area contributed by atoms with Crippen molar-refractivity contribution in [3.05, 3.63) is 65.7 Å². The second-order valence-electron chi connectivity index (χ2n) is 6.83. The number of benzene rings is 2. The summed E-state index contributed by atoms with van der Waals surface area (Å²) in [6, 6.07) is 16.5. The zero-order chi connectivity index (χ0) is 21.3. The van der Waals surface area contributed by atoms with Crippen LogP contribution in [0.5, 0.6) is 5.75 Å². The Hall–Kier alpha value is -2.38. The van der Waals surface area contributed by atoms with Gasteiger partial charge in [-0.3, -0.25) is 4.79 Å². The van der Waals surface area contributed by atoms with Crippen LogP contribution in [0.15, 0.2) is 54.6 Å². The molecule has 0 spiro atoms. The molecule has 2 aromatic rings. The zero-order valence-electron chi connectivity index (χ0n) is 17.2. The smallest absolute Gasteiger partial charge is 0.308 e. The van der Waals surface area contributed by atoms with Crippen molar-refractivity contribution in [2.24, 2.45) is 0 Å². The molecule has 0 N–H and O–H groups in total. The highest BCUT2D eigenvalue weighted by Gasteiger charge is 2.20. The Morgan fingerprint density at radius 3 is 2.38 bits per heavy atom. The van der Waals surface area contributed by atoms with Crippen molar-refractivity contribution in [2.75, 3.05) is 12.4 Å². The van der Waals surface area contributed by atoms with E-state index in [1.54, 1.807) is 23.1 Å².